The Labute approximate surface area is 316 Å². The van der Waals surface area contributed by atoms with Gasteiger partial charge in [-0.25, -0.2) is 4.79 Å². The Balaban J connectivity index is 0.00000106. The zero-order chi connectivity index (χ0) is 40.2. The molecule has 0 aliphatic rings. The molecule has 4 aromatic rings. The van der Waals surface area contributed by atoms with Crippen LogP contribution in [0.5, 0.6) is 17.2 Å². The Hall–Kier alpha value is -6.65. The van der Waals surface area contributed by atoms with Crippen molar-refractivity contribution in [2.75, 3.05) is 19.6 Å². The lowest BCUT2D eigenvalue weighted by Crippen LogP contribution is -2.23. The van der Waals surface area contributed by atoms with Gasteiger partial charge in [0.15, 0.2) is 17.9 Å². The van der Waals surface area contributed by atoms with Crippen molar-refractivity contribution in [1.82, 2.24) is 0 Å². The average molecular weight is 766 g/mol. The first kappa shape index (κ1) is 42.8. The van der Waals surface area contributed by atoms with Gasteiger partial charge in [0, 0.05) is 19.6 Å². The standard InChI is InChI=1S/C36H45N9O3.C2HF3O2/c37-34(38)43-16-13-25-1-7-31(8-2-25)46-22-28-19-29(23-47-32-9-3-26(4-10-32)14-17-44-35(39)40)21-30(20-28)24-48-33-11-5-27(6-12-33)15-18-45-36(41)42;3-2(4,5)1(6)7/h1-12,19-21H,13-18,22-24H2,(H4,37,38,43)(H4,39,40,44)(H4,41,42,45);(H,6,7). The molecule has 0 saturated heterocycles. The zero-order valence-electron chi connectivity index (χ0n) is 30.0. The second kappa shape index (κ2) is 21.8. The van der Waals surface area contributed by atoms with Crippen LogP contribution < -0.4 is 48.6 Å². The van der Waals surface area contributed by atoms with Gasteiger partial charge in [-0.1, -0.05) is 36.4 Å². The number of aliphatic carboxylic acids is 1. The van der Waals surface area contributed by atoms with Gasteiger partial charge in [0.05, 0.1) is 0 Å². The molecule has 0 saturated carbocycles. The number of nitrogens with zero attached hydrogens (tertiary/aromatic N) is 3. The highest BCUT2D eigenvalue weighted by atomic mass is 19.4. The smallest absolute Gasteiger partial charge is 0.489 e. The highest BCUT2D eigenvalue weighted by Gasteiger charge is 2.38. The van der Waals surface area contributed by atoms with Gasteiger partial charge in [-0.2, -0.15) is 13.2 Å². The number of aliphatic imine (C=N–C) groups is 3. The molecule has 0 aliphatic carbocycles. The van der Waals surface area contributed by atoms with Crippen LogP contribution in [0.4, 0.5) is 13.2 Å². The molecule has 0 spiro atoms. The summed E-state index contributed by atoms with van der Waals surface area (Å²) in [5, 5.41) is 7.12. The van der Waals surface area contributed by atoms with E-state index in [2.05, 4.69) is 33.2 Å². The van der Waals surface area contributed by atoms with Crippen molar-refractivity contribution < 1.29 is 37.3 Å². The Morgan fingerprint density at radius 2 is 0.727 bits per heavy atom. The van der Waals surface area contributed by atoms with Crippen LogP contribution in [-0.2, 0) is 43.9 Å². The van der Waals surface area contributed by atoms with E-state index in [9.17, 15) is 13.2 Å². The lowest BCUT2D eigenvalue weighted by molar-refractivity contribution is -0.192. The van der Waals surface area contributed by atoms with Gasteiger partial charge < -0.3 is 53.7 Å². The van der Waals surface area contributed by atoms with Gasteiger partial charge in [0.1, 0.15) is 37.1 Å². The molecule has 294 valence electrons. The highest BCUT2D eigenvalue weighted by molar-refractivity contribution is 5.76. The molecule has 0 amide bonds. The third-order valence-electron chi connectivity index (χ3n) is 7.43. The van der Waals surface area contributed by atoms with E-state index in [1.165, 1.54) is 0 Å². The van der Waals surface area contributed by atoms with Crippen LogP contribution in [0.15, 0.2) is 106 Å². The van der Waals surface area contributed by atoms with Gasteiger partial charge in [0.2, 0.25) is 0 Å². The normalized spacial score (nSPS) is 10.6. The molecule has 0 atom stereocenters. The summed E-state index contributed by atoms with van der Waals surface area (Å²) in [5.74, 6) is -0.187. The SMILES string of the molecule is NC(N)=NCCc1ccc(OCc2cc(COc3ccc(CCN=C(N)N)cc3)cc(COc3ccc(CCN=C(N)N)cc3)c2)cc1.O=C(O)C(F)(F)F. The van der Waals surface area contributed by atoms with Crippen LogP contribution in [0, 0.1) is 0 Å². The molecule has 17 heteroatoms. The largest absolute Gasteiger partial charge is 0.490 e. The van der Waals surface area contributed by atoms with E-state index < -0.39 is 12.1 Å². The number of alkyl halides is 3. The molecule has 55 heavy (non-hydrogen) atoms. The van der Waals surface area contributed by atoms with Crippen molar-refractivity contribution in [3.63, 3.8) is 0 Å². The summed E-state index contributed by atoms with van der Waals surface area (Å²) >= 11 is 0. The Kier molecular flexibility index (Phi) is 16.9. The molecule has 13 N–H and O–H groups in total. The highest BCUT2D eigenvalue weighted by Crippen LogP contribution is 2.21. The first-order valence-electron chi connectivity index (χ1n) is 16.9. The molecule has 0 radical (unpaired) electrons. The van der Waals surface area contributed by atoms with Crippen molar-refractivity contribution >= 4 is 23.8 Å². The number of ether oxygens (including phenoxy) is 3. The van der Waals surface area contributed by atoms with Crippen LogP contribution in [-0.4, -0.2) is 54.8 Å². The van der Waals surface area contributed by atoms with Gasteiger partial charge in [-0.15, -0.1) is 0 Å². The number of guanidine groups is 3. The minimum Gasteiger partial charge on any atom is -0.489 e. The molecular formula is C38H46F3N9O5. The van der Waals surface area contributed by atoms with Crippen molar-refractivity contribution in [2.45, 2.75) is 45.3 Å². The number of carboxylic acids is 1. The second-order valence-electron chi connectivity index (χ2n) is 11.9. The van der Waals surface area contributed by atoms with Gasteiger partial charge >= 0.3 is 12.1 Å². The first-order valence-corrected chi connectivity index (χ1v) is 16.9. The Morgan fingerprint density at radius 3 is 0.927 bits per heavy atom. The maximum Gasteiger partial charge on any atom is 0.490 e. The van der Waals surface area contributed by atoms with Crippen molar-refractivity contribution in [3.05, 3.63) is 124 Å². The minimum absolute atomic E-state index is 0.0927. The van der Waals surface area contributed by atoms with E-state index in [0.717, 1.165) is 69.9 Å². The average Bonchev–Trinajstić information content (AvgIpc) is 3.13. The maximum absolute atomic E-state index is 10.6. The van der Waals surface area contributed by atoms with E-state index in [1.807, 2.05) is 72.8 Å². The van der Waals surface area contributed by atoms with Crippen LogP contribution in [0.3, 0.4) is 0 Å². The number of rotatable bonds is 18. The second-order valence-corrected chi connectivity index (χ2v) is 11.9. The lowest BCUT2D eigenvalue weighted by Gasteiger charge is -2.14. The molecule has 4 rings (SSSR count). The van der Waals surface area contributed by atoms with Crippen LogP contribution in [0.2, 0.25) is 0 Å². The summed E-state index contributed by atoms with van der Waals surface area (Å²) in [6.07, 6.45) is -2.86. The first-order chi connectivity index (χ1) is 26.2. The summed E-state index contributed by atoms with van der Waals surface area (Å²) in [7, 11) is 0. The topological polar surface area (TPSA) is 258 Å². The predicted octanol–water partition coefficient (Wildman–Crippen LogP) is 3.50. The molecule has 0 fully saturated rings. The van der Waals surface area contributed by atoms with E-state index >= 15 is 0 Å². The monoisotopic (exact) mass is 765 g/mol. The number of hydrogen-bond donors (Lipinski definition) is 7. The molecule has 0 heterocycles. The van der Waals surface area contributed by atoms with Crippen LogP contribution in [0.1, 0.15) is 33.4 Å². The van der Waals surface area contributed by atoms with E-state index in [4.69, 9.17) is 58.5 Å². The van der Waals surface area contributed by atoms with Gasteiger partial charge in [-0.3, -0.25) is 15.0 Å². The van der Waals surface area contributed by atoms with E-state index in [-0.39, 0.29) is 17.9 Å². The minimum atomic E-state index is -5.08. The summed E-state index contributed by atoms with van der Waals surface area (Å²) in [6, 6.07) is 30.0. The van der Waals surface area contributed by atoms with E-state index in [0.29, 0.717) is 39.5 Å². The molecule has 0 aromatic heterocycles. The summed E-state index contributed by atoms with van der Waals surface area (Å²) in [6.45, 7) is 2.75. The fourth-order valence-electron chi connectivity index (χ4n) is 4.79. The fourth-order valence-corrected chi connectivity index (χ4v) is 4.79. The Bertz CT molecular complexity index is 1660. The number of carbonyl (C=O) groups is 1. The van der Waals surface area contributed by atoms with Crippen molar-refractivity contribution in [2.24, 2.45) is 49.4 Å². The van der Waals surface area contributed by atoms with E-state index in [1.54, 1.807) is 0 Å². The third-order valence-corrected chi connectivity index (χ3v) is 7.43. The van der Waals surface area contributed by atoms with Crippen LogP contribution >= 0.6 is 0 Å². The van der Waals surface area contributed by atoms with Crippen molar-refractivity contribution in [3.8, 4) is 17.2 Å². The lowest BCUT2D eigenvalue weighted by atomic mass is 10.1. The number of nitrogens with two attached hydrogens (primary N) is 6. The quantitative estimate of drug-likeness (QED) is 0.0570. The molecule has 0 unspecified atom stereocenters. The molecular weight excluding hydrogens is 719 g/mol. The zero-order valence-corrected chi connectivity index (χ0v) is 30.0. The molecule has 0 bridgehead atoms. The van der Waals surface area contributed by atoms with Gasteiger partial charge in [-0.05, 0) is 107 Å². The number of halogens is 3. The number of benzene rings is 4. The molecule has 4 aromatic carbocycles. The maximum atomic E-state index is 10.6. The summed E-state index contributed by atoms with van der Waals surface area (Å²) in [4.78, 5) is 21.0. The number of carboxylic acid groups (broad SMARTS) is 1. The summed E-state index contributed by atoms with van der Waals surface area (Å²) in [5.41, 5.74) is 38.9. The summed E-state index contributed by atoms with van der Waals surface area (Å²) < 4.78 is 50.2. The molecule has 14 nitrogen and oxygen atoms in total. The predicted molar refractivity (Wildman–Crippen MR) is 206 cm³/mol. The number of hydrogen-bond acceptors (Lipinski definition) is 7. The third kappa shape index (κ3) is 17.6. The fraction of sp³-hybridized carbons (Fsp3) is 0.263. The van der Waals surface area contributed by atoms with Crippen LogP contribution in [0.25, 0.3) is 0 Å². The molecule has 0 aliphatic heterocycles. The Morgan fingerprint density at radius 1 is 0.491 bits per heavy atom. The van der Waals surface area contributed by atoms with Crippen molar-refractivity contribution in [1.29, 1.82) is 0 Å². The van der Waals surface area contributed by atoms with Gasteiger partial charge in [0.25, 0.3) is 0 Å².